The van der Waals surface area contributed by atoms with Gasteiger partial charge in [-0.25, -0.2) is 0 Å². The number of hydrogen-bond acceptors (Lipinski definition) is 2. The molecule has 0 saturated heterocycles. The van der Waals surface area contributed by atoms with Crippen molar-refractivity contribution in [1.82, 2.24) is 5.43 Å². The van der Waals surface area contributed by atoms with Gasteiger partial charge >= 0.3 is 0 Å². The number of nitrogens with one attached hydrogen (secondary N) is 1. The predicted octanol–water partition coefficient (Wildman–Crippen LogP) is 3.94. The summed E-state index contributed by atoms with van der Waals surface area (Å²) in [7, 11) is 0. The Bertz CT molecular complexity index is 439. The summed E-state index contributed by atoms with van der Waals surface area (Å²) in [6.45, 7) is 8.88. The van der Waals surface area contributed by atoms with Gasteiger partial charge in [-0.15, -0.1) is 0 Å². The van der Waals surface area contributed by atoms with Crippen molar-refractivity contribution in [2.24, 2.45) is 17.7 Å². The second-order valence-electron chi connectivity index (χ2n) is 6.28. The van der Waals surface area contributed by atoms with Crippen molar-refractivity contribution in [3.63, 3.8) is 0 Å². The van der Waals surface area contributed by atoms with Crippen molar-refractivity contribution >= 4 is 0 Å². The van der Waals surface area contributed by atoms with Gasteiger partial charge in [0, 0.05) is 6.04 Å². The van der Waals surface area contributed by atoms with Crippen molar-refractivity contribution in [2.45, 2.75) is 59.4 Å². The molecule has 106 valence electrons. The minimum atomic E-state index is 0.316. The van der Waals surface area contributed by atoms with Crippen LogP contribution in [0.2, 0.25) is 0 Å². The Morgan fingerprint density at radius 1 is 1.16 bits per heavy atom. The van der Waals surface area contributed by atoms with Gasteiger partial charge in [-0.3, -0.25) is 11.3 Å². The van der Waals surface area contributed by atoms with Gasteiger partial charge in [0.1, 0.15) is 0 Å². The van der Waals surface area contributed by atoms with Crippen LogP contribution in [-0.4, -0.2) is 0 Å². The van der Waals surface area contributed by atoms with Crippen LogP contribution < -0.4 is 11.3 Å². The van der Waals surface area contributed by atoms with E-state index in [0.29, 0.717) is 12.0 Å². The van der Waals surface area contributed by atoms with E-state index in [4.69, 9.17) is 5.84 Å². The van der Waals surface area contributed by atoms with Gasteiger partial charge in [-0.05, 0) is 67.7 Å². The summed E-state index contributed by atoms with van der Waals surface area (Å²) >= 11 is 0. The summed E-state index contributed by atoms with van der Waals surface area (Å²) in [5.41, 5.74) is 8.59. The fourth-order valence-corrected chi connectivity index (χ4v) is 3.58. The van der Waals surface area contributed by atoms with E-state index in [1.807, 2.05) is 0 Å². The highest BCUT2D eigenvalue weighted by atomic mass is 15.2. The topological polar surface area (TPSA) is 38.0 Å². The number of hydrazine groups is 1. The molecular weight excluding hydrogens is 232 g/mol. The molecule has 1 fully saturated rings. The zero-order valence-electron chi connectivity index (χ0n) is 12.8. The average Bonchev–Trinajstić information content (AvgIpc) is 2.85. The highest BCUT2D eigenvalue weighted by Gasteiger charge is 2.31. The fourth-order valence-electron chi connectivity index (χ4n) is 3.58. The van der Waals surface area contributed by atoms with Crippen molar-refractivity contribution in [2.75, 3.05) is 0 Å². The smallest absolute Gasteiger partial charge is 0.0490 e. The lowest BCUT2D eigenvalue weighted by Gasteiger charge is -2.26. The lowest BCUT2D eigenvalue weighted by atomic mass is 9.87. The minimum absolute atomic E-state index is 0.316. The van der Waals surface area contributed by atoms with Gasteiger partial charge in [0.25, 0.3) is 0 Å². The molecule has 1 aromatic rings. The summed E-state index contributed by atoms with van der Waals surface area (Å²) < 4.78 is 0. The molecule has 3 unspecified atom stereocenters. The maximum atomic E-state index is 5.88. The minimum Gasteiger partial charge on any atom is -0.271 e. The summed E-state index contributed by atoms with van der Waals surface area (Å²) in [6, 6.07) is 4.94. The predicted molar refractivity (Wildman–Crippen MR) is 81.8 cm³/mol. The highest BCUT2D eigenvalue weighted by molar-refractivity contribution is 5.38. The molecule has 0 bridgehead atoms. The highest BCUT2D eigenvalue weighted by Crippen LogP contribution is 2.41. The van der Waals surface area contributed by atoms with Gasteiger partial charge < -0.3 is 0 Å². The lowest BCUT2D eigenvalue weighted by Crippen LogP contribution is -2.33. The third-order valence-electron chi connectivity index (χ3n) is 5.03. The van der Waals surface area contributed by atoms with Crippen LogP contribution in [-0.2, 0) is 0 Å². The molecule has 19 heavy (non-hydrogen) atoms. The lowest BCUT2D eigenvalue weighted by molar-refractivity contribution is 0.357. The SMILES string of the molecule is CCC1CCC(C(NN)c2cc(C)c(C)cc2C)C1. The Labute approximate surface area is 117 Å². The molecule has 1 saturated carbocycles. The molecule has 2 heteroatoms. The molecule has 1 aromatic carbocycles. The molecule has 3 atom stereocenters. The molecule has 0 aromatic heterocycles. The van der Waals surface area contributed by atoms with Crippen molar-refractivity contribution < 1.29 is 0 Å². The summed E-state index contributed by atoms with van der Waals surface area (Å²) in [6.07, 6.45) is 5.29. The van der Waals surface area contributed by atoms with Crippen LogP contribution in [0.25, 0.3) is 0 Å². The first-order valence-electron chi connectivity index (χ1n) is 7.60. The van der Waals surface area contributed by atoms with Crippen LogP contribution in [0.15, 0.2) is 12.1 Å². The van der Waals surface area contributed by atoms with Gasteiger partial charge in [0.2, 0.25) is 0 Å². The van der Waals surface area contributed by atoms with Crippen molar-refractivity contribution in [3.8, 4) is 0 Å². The van der Waals surface area contributed by atoms with Crippen molar-refractivity contribution in [1.29, 1.82) is 0 Å². The van der Waals surface area contributed by atoms with Gasteiger partial charge in [0.15, 0.2) is 0 Å². The Morgan fingerprint density at radius 2 is 1.84 bits per heavy atom. The number of benzene rings is 1. The van der Waals surface area contributed by atoms with E-state index in [-0.39, 0.29) is 0 Å². The zero-order chi connectivity index (χ0) is 14.0. The monoisotopic (exact) mass is 260 g/mol. The Balaban J connectivity index is 2.25. The second kappa shape index (κ2) is 6.06. The first-order valence-corrected chi connectivity index (χ1v) is 7.60. The number of nitrogens with two attached hydrogens (primary N) is 1. The molecule has 3 N–H and O–H groups in total. The standard InChI is InChI=1S/C17H28N2/c1-5-14-6-7-15(10-14)17(19-18)16-9-12(3)11(2)8-13(16)4/h8-9,14-15,17,19H,5-7,10,18H2,1-4H3. The van der Waals surface area contributed by atoms with Crippen LogP contribution in [0.3, 0.4) is 0 Å². The summed E-state index contributed by atoms with van der Waals surface area (Å²) in [5, 5.41) is 0. The van der Waals surface area contributed by atoms with E-state index in [1.54, 1.807) is 0 Å². The van der Waals surface area contributed by atoms with Gasteiger partial charge in [-0.1, -0.05) is 31.9 Å². The third-order valence-corrected chi connectivity index (χ3v) is 5.03. The summed E-state index contributed by atoms with van der Waals surface area (Å²) in [5.74, 6) is 7.47. The Hall–Kier alpha value is -0.860. The maximum Gasteiger partial charge on any atom is 0.0490 e. The molecule has 1 aliphatic rings. The maximum absolute atomic E-state index is 5.88. The average molecular weight is 260 g/mol. The normalized spacial score (nSPS) is 24.7. The van der Waals surface area contributed by atoms with Crippen LogP contribution >= 0.6 is 0 Å². The largest absolute Gasteiger partial charge is 0.271 e. The van der Waals surface area contributed by atoms with E-state index in [2.05, 4.69) is 45.3 Å². The van der Waals surface area contributed by atoms with Crippen LogP contribution in [0.1, 0.15) is 60.9 Å². The summed E-state index contributed by atoms with van der Waals surface area (Å²) in [4.78, 5) is 0. The molecule has 0 heterocycles. The third kappa shape index (κ3) is 3.01. The van der Waals surface area contributed by atoms with Gasteiger partial charge in [-0.2, -0.15) is 0 Å². The number of hydrogen-bond donors (Lipinski definition) is 2. The molecule has 0 radical (unpaired) electrons. The van der Waals surface area contributed by atoms with Crippen molar-refractivity contribution in [3.05, 3.63) is 34.4 Å². The second-order valence-corrected chi connectivity index (χ2v) is 6.28. The van der Waals surface area contributed by atoms with Crippen LogP contribution in [0.4, 0.5) is 0 Å². The van der Waals surface area contributed by atoms with E-state index in [9.17, 15) is 0 Å². The van der Waals surface area contributed by atoms with Crippen LogP contribution in [0, 0.1) is 32.6 Å². The number of aryl methyl sites for hydroxylation is 3. The zero-order valence-corrected chi connectivity index (χ0v) is 12.8. The fraction of sp³-hybridized carbons (Fsp3) is 0.647. The molecule has 2 rings (SSSR count). The molecule has 1 aliphatic carbocycles. The number of rotatable bonds is 4. The van der Waals surface area contributed by atoms with Gasteiger partial charge in [0.05, 0.1) is 0 Å². The van der Waals surface area contributed by atoms with E-state index < -0.39 is 0 Å². The first-order chi connectivity index (χ1) is 9.06. The molecule has 0 aliphatic heterocycles. The Kier molecular flexibility index (Phi) is 4.64. The molecular formula is C17H28N2. The molecule has 2 nitrogen and oxygen atoms in total. The Morgan fingerprint density at radius 3 is 2.42 bits per heavy atom. The van der Waals surface area contributed by atoms with E-state index in [1.165, 1.54) is 47.9 Å². The quantitative estimate of drug-likeness (QED) is 0.635. The first kappa shape index (κ1) is 14.5. The van der Waals surface area contributed by atoms with E-state index >= 15 is 0 Å². The molecule has 0 spiro atoms. The van der Waals surface area contributed by atoms with E-state index in [0.717, 1.165) is 5.92 Å². The van der Waals surface area contributed by atoms with Crippen LogP contribution in [0.5, 0.6) is 0 Å². The molecule has 0 amide bonds.